The Kier molecular flexibility index (Phi) is 5.12. The van der Waals surface area contributed by atoms with Gasteiger partial charge in [-0.2, -0.15) is 0 Å². The Bertz CT molecular complexity index is 369. The van der Waals surface area contributed by atoms with Crippen LogP contribution in [0.2, 0.25) is 0 Å². The van der Waals surface area contributed by atoms with Crippen molar-refractivity contribution in [3.63, 3.8) is 0 Å². The molecule has 1 rings (SSSR count). The minimum atomic E-state index is -0.348. The molecule has 1 heterocycles. The Labute approximate surface area is 102 Å². The smallest absolute Gasteiger partial charge is 0.223 e. The van der Waals surface area contributed by atoms with Gasteiger partial charge in [0, 0.05) is 0 Å². The first-order valence-corrected chi connectivity index (χ1v) is 6.35. The van der Waals surface area contributed by atoms with Crippen molar-refractivity contribution < 1.29 is 4.79 Å². The fourth-order valence-electron chi connectivity index (χ4n) is 2.07. The van der Waals surface area contributed by atoms with E-state index in [2.05, 4.69) is 31.1 Å². The number of hydrogen-bond acceptors (Lipinski definition) is 3. The molecule has 0 fully saturated rings. The Balaban J connectivity index is 3.04. The second-order valence-corrected chi connectivity index (χ2v) is 4.29. The molecule has 0 spiro atoms. The van der Waals surface area contributed by atoms with Crippen LogP contribution >= 0.6 is 0 Å². The van der Waals surface area contributed by atoms with Gasteiger partial charge < -0.3 is 5.73 Å². The number of nitrogens with zero attached hydrogens (tertiary/aromatic N) is 3. The van der Waals surface area contributed by atoms with Crippen LogP contribution in [0.3, 0.4) is 0 Å². The van der Waals surface area contributed by atoms with Gasteiger partial charge in [-0.3, -0.25) is 4.79 Å². The lowest BCUT2D eigenvalue weighted by atomic mass is 10.1. The van der Waals surface area contributed by atoms with Crippen LogP contribution in [0, 0.1) is 0 Å². The lowest BCUT2D eigenvalue weighted by Gasteiger charge is -2.15. The minimum absolute atomic E-state index is 0.190. The first kappa shape index (κ1) is 13.7. The summed E-state index contributed by atoms with van der Waals surface area (Å²) in [5, 5.41) is 8.29. The van der Waals surface area contributed by atoms with Crippen molar-refractivity contribution in [3.05, 3.63) is 11.4 Å². The predicted octanol–water partition coefficient (Wildman–Crippen LogP) is 1.62. The van der Waals surface area contributed by atoms with E-state index < -0.39 is 0 Å². The van der Waals surface area contributed by atoms with Crippen molar-refractivity contribution in [2.75, 3.05) is 0 Å². The molecule has 5 nitrogen and oxygen atoms in total. The second-order valence-electron chi connectivity index (χ2n) is 4.29. The maximum atomic E-state index is 11.0. The Morgan fingerprint density at radius 3 is 2.47 bits per heavy atom. The number of aromatic nitrogens is 3. The molecular formula is C12H22N4O. The first-order chi connectivity index (χ1) is 8.13. The average molecular weight is 238 g/mol. The molecule has 1 amide bonds. The van der Waals surface area contributed by atoms with Gasteiger partial charge in [0.05, 0.1) is 23.9 Å². The predicted molar refractivity (Wildman–Crippen MR) is 66.5 cm³/mol. The van der Waals surface area contributed by atoms with Crippen LogP contribution in [0.15, 0.2) is 0 Å². The van der Waals surface area contributed by atoms with E-state index in [0.717, 1.165) is 37.1 Å². The van der Waals surface area contributed by atoms with E-state index >= 15 is 0 Å². The average Bonchev–Trinajstić information content (AvgIpc) is 2.64. The van der Waals surface area contributed by atoms with E-state index in [1.165, 1.54) is 0 Å². The summed E-state index contributed by atoms with van der Waals surface area (Å²) in [6.07, 6.45) is 4.14. The molecule has 0 atom stereocenters. The summed E-state index contributed by atoms with van der Waals surface area (Å²) in [5.41, 5.74) is 7.04. The fraction of sp³-hybridized carbons (Fsp3) is 0.750. The van der Waals surface area contributed by atoms with E-state index in [9.17, 15) is 4.79 Å². The summed E-state index contributed by atoms with van der Waals surface area (Å²) in [7, 11) is 0. The molecule has 0 aromatic carbocycles. The molecule has 0 aliphatic heterocycles. The molecule has 2 N–H and O–H groups in total. The zero-order valence-electron chi connectivity index (χ0n) is 10.9. The lowest BCUT2D eigenvalue weighted by molar-refractivity contribution is -0.117. The third kappa shape index (κ3) is 3.28. The van der Waals surface area contributed by atoms with Crippen molar-refractivity contribution in [3.8, 4) is 0 Å². The van der Waals surface area contributed by atoms with Crippen LogP contribution in [0.5, 0.6) is 0 Å². The quantitative estimate of drug-likeness (QED) is 0.784. The number of carbonyl (C=O) groups excluding carboxylic acids is 1. The SMILES string of the molecule is CCCc1c(CC(N)=O)nnn1C(CC)CC. The van der Waals surface area contributed by atoms with Crippen molar-refractivity contribution in [2.24, 2.45) is 5.73 Å². The highest BCUT2D eigenvalue weighted by atomic mass is 16.1. The van der Waals surface area contributed by atoms with Crippen LogP contribution in [0.25, 0.3) is 0 Å². The molecule has 0 bridgehead atoms. The van der Waals surface area contributed by atoms with Crippen LogP contribution in [-0.2, 0) is 17.6 Å². The van der Waals surface area contributed by atoms with Gasteiger partial charge in [-0.25, -0.2) is 4.68 Å². The third-order valence-electron chi connectivity index (χ3n) is 2.99. The Hall–Kier alpha value is -1.39. The van der Waals surface area contributed by atoms with Gasteiger partial charge in [-0.15, -0.1) is 5.10 Å². The summed E-state index contributed by atoms with van der Waals surface area (Å²) < 4.78 is 1.97. The molecule has 0 aliphatic carbocycles. The molecule has 17 heavy (non-hydrogen) atoms. The minimum Gasteiger partial charge on any atom is -0.369 e. The van der Waals surface area contributed by atoms with E-state index in [-0.39, 0.29) is 12.3 Å². The van der Waals surface area contributed by atoms with Crippen molar-refractivity contribution in [1.82, 2.24) is 15.0 Å². The summed E-state index contributed by atoms with van der Waals surface area (Å²) in [4.78, 5) is 11.0. The molecule has 0 radical (unpaired) electrons. The Morgan fingerprint density at radius 1 is 1.35 bits per heavy atom. The number of primary amides is 1. The topological polar surface area (TPSA) is 73.8 Å². The zero-order valence-corrected chi connectivity index (χ0v) is 10.9. The number of nitrogens with two attached hydrogens (primary N) is 1. The van der Waals surface area contributed by atoms with Gasteiger partial charge >= 0.3 is 0 Å². The Morgan fingerprint density at radius 2 is 2.00 bits per heavy atom. The van der Waals surface area contributed by atoms with E-state index in [0.29, 0.717) is 6.04 Å². The van der Waals surface area contributed by atoms with Gasteiger partial charge in [0.15, 0.2) is 0 Å². The lowest BCUT2D eigenvalue weighted by Crippen LogP contribution is -2.17. The fourth-order valence-corrected chi connectivity index (χ4v) is 2.07. The summed E-state index contributed by atoms with van der Waals surface area (Å²) in [5.74, 6) is -0.348. The molecule has 96 valence electrons. The molecule has 0 aliphatic rings. The zero-order chi connectivity index (χ0) is 12.8. The van der Waals surface area contributed by atoms with Crippen molar-refractivity contribution >= 4 is 5.91 Å². The molecule has 0 saturated heterocycles. The van der Waals surface area contributed by atoms with E-state index in [1.54, 1.807) is 0 Å². The van der Waals surface area contributed by atoms with Gasteiger partial charge in [0.25, 0.3) is 0 Å². The highest BCUT2D eigenvalue weighted by Gasteiger charge is 2.18. The van der Waals surface area contributed by atoms with Crippen molar-refractivity contribution in [1.29, 1.82) is 0 Å². The van der Waals surface area contributed by atoms with Crippen LogP contribution in [0.4, 0.5) is 0 Å². The highest BCUT2D eigenvalue weighted by Crippen LogP contribution is 2.19. The van der Waals surface area contributed by atoms with Crippen LogP contribution < -0.4 is 5.73 Å². The summed E-state index contributed by atoms with van der Waals surface area (Å²) in [6.45, 7) is 6.39. The number of hydrogen-bond donors (Lipinski definition) is 1. The maximum Gasteiger partial charge on any atom is 0.223 e. The monoisotopic (exact) mass is 238 g/mol. The van der Waals surface area contributed by atoms with Gasteiger partial charge in [-0.1, -0.05) is 32.4 Å². The van der Waals surface area contributed by atoms with Gasteiger partial charge in [0.2, 0.25) is 5.91 Å². The van der Waals surface area contributed by atoms with Crippen LogP contribution in [0.1, 0.15) is 57.5 Å². The standard InChI is InChI=1S/C12H22N4O/c1-4-7-11-10(8-12(13)17)14-15-16(11)9(5-2)6-3/h9H,4-8H2,1-3H3,(H2,13,17). The van der Waals surface area contributed by atoms with E-state index in [1.807, 2.05) is 4.68 Å². The van der Waals surface area contributed by atoms with Gasteiger partial charge in [-0.05, 0) is 19.3 Å². The summed E-state index contributed by atoms with van der Waals surface area (Å²) in [6, 6.07) is 0.366. The van der Waals surface area contributed by atoms with Crippen molar-refractivity contribution in [2.45, 2.75) is 58.9 Å². The summed E-state index contributed by atoms with van der Waals surface area (Å²) >= 11 is 0. The first-order valence-electron chi connectivity index (χ1n) is 6.35. The van der Waals surface area contributed by atoms with E-state index in [4.69, 9.17) is 5.73 Å². The third-order valence-corrected chi connectivity index (χ3v) is 2.99. The normalized spacial score (nSPS) is 11.1. The molecule has 0 unspecified atom stereocenters. The van der Waals surface area contributed by atoms with Crippen LogP contribution in [-0.4, -0.2) is 20.9 Å². The second kappa shape index (κ2) is 6.37. The molecular weight excluding hydrogens is 216 g/mol. The molecule has 5 heteroatoms. The maximum absolute atomic E-state index is 11.0. The van der Waals surface area contributed by atoms with Gasteiger partial charge in [0.1, 0.15) is 0 Å². The molecule has 1 aromatic rings. The largest absolute Gasteiger partial charge is 0.369 e. The number of carbonyl (C=O) groups is 1. The number of rotatable bonds is 7. The highest BCUT2D eigenvalue weighted by molar-refractivity contribution is 5.76. The molecule has 0 saturated carbocycles. The number of amides is 1. The molecule has 1 aromatic heterocycles.